The third-order valence-corrected chi connectivity index (χ3v) is 7.24. The topological polar surface area (TPSA) is 63.2 Å². The van der Waals surface area contributed by atoms with Crippen LogP contribution in [0.4, 0.5) is 0 Å². The molecule has 0 N–H and O–H groups in total. The standard InChI is InChI=1S/C35H32O6/c1-22-10-6-7-11-25(22)34-26-12-8-9-13-29(26)41-35(24-15-19-31(38-3)33(21-24)40-5)27(34)16-17-28(36)23-14-18-30(37-2)32(20-23)39-4/h6-21,34H,1-5H3/b17-16-/t34-/m1/s1. The van der Waals surface area contributed by atoms with Crippen molar-refractivity contribution in [3.05, 3.63) is 130 Å². The fraction of sp³-hybridized carbons (Fsp3) is 0.171. The van der Waals surface area contributed by atoms with Crippen molar-refractivity contribution in [2.75, 3.05) is 28.4 Å². The zero-order valence-corrected chi connectivity index (χ0v) is 23.8. The van der Waals surface area contributed by atoms with E-state index in [0.29, 0.717) is 34.3 Å². The molecule has 41 heavy (non-hydrogen) atoms. The summed E-state index contributed by atoms with van der Waals surface area (Å²) in [5.74, 6) is 3.28. The number of benzene rings is 4. The van der Waals surface area contributed by atoms with Crippen molar-refractivity contribution in [3.63, 3.8) is 0 Å². The molecule has 5 rings (SSSR count). The Hall–Kier alpha value is -4.97. The van der Waals surface area contributed by atoms with E-state index in [4.69, 9.17) is 23.7 Å². The van der Waals surface area contributed by atoms with Crippen LogP contribution in [0.25, 0.3) is 5.76 Å². The van der Waals surface area contributed by atoms with Gasteiger partial charge in [-0.25, -0.2) is 0 Å². The summed E-state index contributed by atoms with van der Waals surface area (Å²) in [7, 11) is 6.32. The molecule has 0 saturated carbocycles. The molecule has 4 aromatic carbocycles. The van der Waals surface area contributed by atoms with E-state index >= 15 is 0 Å². The van der Waals surface area contributed by atoms with Gasteiger partial charge in [0.2, 0.25) is 0 Å². The Balaban J connectivity index is 1.70. The second-order valence-corrected chi connectivity index (χ2v) is 9.55. The first-order chi connectivity index (χ1) is 20.0. The molecule has 1 heterocycles. The minimum atomic E-state index is -0.182. The van der Waals surface area contributed by atoms with Crippen LogP contribution in [-0.2, 0) is 0 Å². The largest absolute Gasteiger partial charge is 0.493 e. The summed E-state index contributed by atoms with van der Waals surface area (Å²) in [5, 5.41) is 0. The fourth-order valence-corrected chi connectivity index (χ4v) is 5.15. The van der Waals surface area contributed by atoms with E-state index in [0.717, 1.165) is 33.6 Å². The average Bonchev–Trinajstić information content (AvgIpc) is 3.02. The van der Waals surface area contributed by atoms with Gasteiger partial charge in [0, 0.05) is 28.2 Å². The molecule has 0 saturated heterocycles. The number of hydrogen-bond donors (Lipinski definition) is 0. The smallest absolute Gasteiger partial charge is 0.185 e. The number of carbonyl (C=O) groups excluding carboxylic acids is 1. The lowest BCUT2D eigenvalue weighted by molar-refractivity contribution is 0.104. The van der Waals surface area contributed by atoms with Crippen molar-refractivity contribution in [1.29, 1.82) is 0 Å². The Bertz CT molecular complexity index is 1650. The minimum absolute atomic E-state index is 0.174. The van der Waals surface area contributed by atoms with Gasteiger partial charge in [0.15, 0.2) is 28.8 Å². The lowest BCUT2D eigenvalue weighted by Crippen LogP contribution is -2.16. The number of methoxy groups -OCH3 is 4. The number of allylic oxidation sites excluding steroid dienone is 3. The van der Waals surface area contributed by atoms with Gasteiger partial charge in [-0.05, 0) is 66.6 Å². The Labute approximate surface area is 240 Å². The van der Waals surface area contributed by atoms with Crippen molar-refractivity contribution in [2.24, 2.45) is 0 Å². The molecule has 6 heteroatoms. The molecule has 0 unspecified atom stereocenters. The van der Waals surface area contributed by atoms with Crippen LogP contribution < -0.4 is 23.7 Å². The van der Waals surface area contributed by atoms with Crippen molar-refractivity contribution < 1.29 is 28.5 Å². The van der Waals surface area contributed by atoms with Gasteiger partial charge < -0.3 is 23.7 Å². The lowest BCUT2D eigenvalue weighted by atomic mass is 9.79. The summed E-state index contributed by atoms with van der Waals surface area (Å²) in [4.78, 5) is 13.5. The molecule has 1 aliphatic heterocycles. The van der Waals surface area contributed by atoms with Crippen LogP contribution in [0.1, 0.15) is 38.5 Å². The van der Waals surface area contributed by atoms with Crippen LogP contribution in [0.15, 0.2) is 103 Å². The van der Waals surface area contributed by atoms with Crippen molar-refractivity contribution >= 4 is 11.5 Å². The Morgan fingerprint density at radius 3 is 2.00 bits per heavy atom. The number of fused-ring (bicyclic) bond motifs is 1. The first-order valence-electron chi connectivity index (χ1n) is 13.2. The molecule has 0 fully saturated rings. The van der Waals surface area contributed by atoms with Gasteiger partial charge in [0.1, 0.15) is 11.5 Å². The maximum absolute atomic E-state index is 13.5. The monoisotopic (exact) mass is 548 g/mol. The Morgan fingerprint density at radius 1 is 0.707 bits per heavy atom. The van der Waals surface area contributed by atoms with E-state index in [1.54, 1.807) is 52.7 Å². The number of aryl methyl sites for hydroxylation is 1. The molecule has 208 valence electrons. The maximum Gasteiger partial charge on any atom is 0.185 e. The Kier molecular flexibility index (Phi) is 8.11. The summed E-state index contributed by atoms with van der Waals surface area (Å²) >= 11 is 0. The van der Waals surface area contributed by atoms with Gasteiger partial charge >= 0.3 is 0 Å². The van der Waals surface area contributed by atoms with E-state index in [9.17, 15) is 4.79 Å². The number of carbonyl (C=O) groups is 1. The van der Waals surface area contributed by atoms with Gasteiger partial charge in [-0.15, -0.1) is 0 Å². The number of ketones is 1. The van der Waals surface area contributed by atoms with Crippen molar-refractivity contribution in [1.82, 2.24) is 0 Å². The third-order valence-electron chi connectivity index (χ3n) is 7.24. The van der Waals surface area contributed by atoms with E-state index in [1.165, 1.54) is 0 Å². The number of para-hydroxylation sites is 1. The highest BCUT2D eigenvalue weighted by Gasteiger charge is 2.31. The van der Waals surface area contributed by atoms with E-state index in [2.05, 4.69) is 25.1 Å². The molecule has 0 amide bonds. The highest BCUT2D eigenvalue weighted by Crippen LogP contribution is 2.47. The zero-order chi connectivity index (χ0) is 28.9. The van der Waals surface area contributed by atoms with Crippen LogP contribution in [-0.4, -0.2) is 34.2 Å². The van der Waals surface area contributed by atoms with Crippen LogP contribution in [0.3, 0.4) is 0 Å². The van der Waals surface area contributed by atoms with Crippen LogP contribution in [0, 0.1) is 6.92 Å². The quantitative estimate of drug-likeness (QED) is 0.160. The molecule has 0 bridgehead atoms. The number of ether oxygens (including phenoxy) is 5. The molecule has 0 radical (unpaired) electrons. The van der Waals surface area contributed by atoms with E-state index < -0.39 is 0 Å². The highest BCUT2D eigenvalue weighted by atomic mass is 16.5. The average molecular weight is 549 g/mol. The summed E-state index contributed by atoms with van der Waals surface area (Å²) in [6, 6.07) is 27.1. The zero-order valence-electron chi connectivity index (χ0n) is 23.8. The number of rotatable bonds is 9. The van der Waals surface area contributed by atoms with Gasteiger partial charge in [-0.3, -0.25) is 4.79 Å². The van der Waals surface area contributed by atoms with E-state index in [1.807, 2.05) is 54.6 Å². The summed E-state index contributed by atoms with van der Waals surface area (Å²) in [6.45, 7) is 2.10. The summed E-state index contributed by atoms with van der Waals surface area (Å²) < 4.78 is 28.4. The van der Waals surface area contributed by atoms with Gasteiger partial charge in [-0.2, -0.15) is 0 Å². The molecular weight excluding hydrogens is 516 g/mol. The molecule has 6 nitrogen and oxygen atoms in total. The number of hydrogen-bond acceptors (Lipinski definition) is 6. The first-order valence-corrected chi connectivity index (χ1v) is 13.2. The lowest BCUT2D eigenvalue weighted by Gasteiger charge is -2.31. The summed E-state index contributed by atoms with van der Waals surface area (Å²) in [6.07, 6.45) is 3.44. The van der Waals surface area contributed by atoms with Crippen molar-refractivity contribution in [3.8, 4) is 28.7 Å². The fourth-order valence-electron chi connectivity index (χ4n) is 5.15. The van der Waals surface area contributed by atoms with Crippen LogP contribution in [0.5, 0.6) is 28.7 Å². The maximum atomic E-state index is 13.5. The summed E-state index contributed by atoms with van der Waals surface area (Å²) in [5.41, 5.74) is 5.41. The van der Waals surface area contributed by atoms with Gasteiger partial charge in [0.25, 0.3) is 0 Å². The highest BCUT2D eigenvalue weighted by molar-refractivity contribution is 6.05. The molecule has 0 aliphatic carbocycles. The van der Waals surface area contributed by atoms with Crippen molar-refractivity contribution in [2.45, 2.75) is 12.8 Å². The van der Waals surface area contributed by atoms with Gasteiger partial charge in [-0.1, -0.05) is 48.5 Å². The molecule has 0 spiro atoms. The second-order valence-electron chi connectivity index (χ2n) is 9.55. The van der Waals surface area contributed by atoms with E-state index in [-0.39, 0.29) is 11.7 Å². The molecule has 0 aromatic heterocycles. The normalized spacial score (nSPS) is 14.3. The predicted octanol–water partition coefficient (Wildman–Crippen LogP) is 7.40. The molecular formula is C35H32O6. The van der Waals surface area contributed by atoms with Crippen LogP contribution >= 0.6 is 0 Å². The molecule has 1 aliphatic rings. The molecule has 1 atom stereocenters. The minimum Gasteiger partial charge on any atom is -0.493 e. The third kappa shape index (κ3) is 5.41. The second kappa shape index (κ2) is 12.0. The van der Waals surface area contributed by atoms with Gasteiger partial charge in [0.05, 0.1) is 28.4 Å². The van der Waals surface area contributed by atoms with Crippen LogP contribution in [0.2, 0.25) is 0 Å². The predicted molar refractivity (Wildman–Crippen MR) is 160 cm³/mol. The first kappa shape index (κ1) is 27.6. The Morgan fingerprint density at radius 2 is 1.32 bits per heavy atom. The SMILES string of the molecule is COc1ccc(C(=O)/C=C\C2=C(c3ccc(OC)c(OC)c3)Oc3ccccc3[C@H]2c2ccccc2C)cc1OC. The molecule has 4 aromatic rings.